The Labute approximate surface area is 118 Å². The molecule has 4 fully saturated rings. The van der Waals surface area contributed by atoms with E-state index in [2.05, 4.69) is 6.58 Å². The van der Waals surface area contributed by atoms with E-state index in [9.17, 15) is 14.7 Å². The average Bonchev–Trinajstić information content (AvgIpc) is 3.14. The van der Waals surface area contributed by atoms with Gasteiger partial charge in [-0.15, -0.1) is 0 Å². The number of esters is 1. The highest BCUT2D eigenvalue weighted by Gasteiger charge is 2.66. The zero-order valence-corrected chi connectivity index (χ0v) is 11.4. The van der Waals surface area contributed by atoms with Gasteiger partial charge in [-0.2, -0.15) is 0 Å². The van der Waals surface area contributed by atoms with E-state index in [1.165, 1.54) is 6.08 Å². The molecule has 4 saturated carbocycles. The molecule has 4 bridgehead atoms. The third kappa shape index (κ3) is 1.48. The second-order valence-electron chi connectivity index (χ2n) is 7.07. The molecular weight excluding hydrogens is 256 g/mol. The molecule has 0 heterocycles. The van der Waals surface area contributed by atoms with Crippen LogP contribution in [0.15, 0.2) is 12.7 Å². The van der Waals surface area contributed by atoms with Gasteiger partial charge in [-0.05, 0) is 61.2 Å². The van der Waals surface area contributed by atoms with Gasteiger partial charge in [0.1, 0.15) is 6.10 Å². The molecule has 0 aromatic carbocycles. The van der Waals surface area contributed by atoms with Gasteiger partial charge >= 0.3 is 11.9 Å². The first kappa shape index (κ1) is 12.4. The molecule has 8 unspecified atom stereocenters. The maximum absolute atomic E-state index is 11.4. The van der Waals surface area contributed by atoms with Crippen LogP contribution in [0.2, 0.25) is 0 Å². The molecule has 0 spiro atoms. The topological polar surface area (TPSA) is 63.6 Å². The summed E-state index contributed by atoms with van der Waals surface area (Å²) in [4.78, 5) is 22.8. The third-order valence-corrected chi connectivity index (χ3v) is 6.51. The van der Waals surface area contributed by atoms with Crippen LogP contribution < -0.4 is 0 Å². The van der Waals surface area contributed by atoms with E-state index in [1.54, 1.807) is 0 Å². The summed E-state index contributed by atoms with van der Waals surface area (Å²) in [6.07, 6.45) is 5.28. The maximum atomic E-state index is 11.4. The Morgan fingerprint density at radius 1 is 1.05 bits per heavy atom. The van der Waals surface area contributed by atoms with E-state index in [0.717, 1.165) is 25.7 Å². The zero-order valence-electron chi connectivity index (χ0n) is 11.4. The van der Waals surface area contributed by atoms with E-state index in [4.69, 9.17) is 4.74 Å². The minimum absolute atomic E-state index is 0.0504. The van der Waals surface area contributed by atoms with Gasteiger partial charge in [-0.1, -0.05) is 6.58 Å². The molecule has 0 radical (unpaired) electrons. The fraction of sp³-hybridized carbons (Fsp3) is 0.750. The first-order valence-electron chi connectivity index (χ1n) is 7.66. The lowest BCUT2D eigenvalue weighted by Crippen LogP contribution is -2.40. The van der Waals surface area contributed by atoms with E-state index < -0.39 is 5.97 Å². The van der Waals surface area contributed by atoms with Crippen molar-refractivity contribution in [1.82, 2.24) is 0 Å². The fourth-order valence-electron chi connectivity index (χ4n) is 6.16. The van der Waals surface area contributed by atoms with Crippen molar-refractivity contribution in [2.24, 2.45) is 41.4 Å². The summed E-state index contributed by atoms with van der Waals surface area (Å²) in [5.74, 6) is 2.13. The highest BCUT2D eigenvalue weighted by atomic mass is 16.5. The first-order chi connectivity index (χ1) is 9.60. The number of carbonyl (C=O) groups excluding carboxylic acids is 1. The van der Waals surface area contributed by atoms with Crippen LogP contribution in [0.5, 0.6) is 0 Å². The van der Waals surface area contributed by atoms with Gasteiger partial charge in [0, 0.05) is 6.08 Å². The molecule has 4 nitrogen and oxygen atoms in total. The van der Waals surface area contributed by atoms with Crippen LogP contribution in [0, 0.1) is 41.4 Å². The van der Waals surface area contributed by atoms with E-state index >= 15 is 0 Å². The summed E-state index contributed by atoms with van der Waals surface area (Å²) in [6, 6.07) is 0. The normalized spacial score (nSPS) is 51.0. The molecule has 108 valence electrons. The van der Waals surface area contributed by atoms with Crippen LogP contribution in [0.4, 0.5) is 0 Å². The zero-order chi connectivity index (χ0) is 14.0. The summed E-state index contributed by atoms with van der Waals surface area (Å²) in [6.45, 7) is 3.46. The van der Waals surface area contributed by atoms with Crippen molar-refractivity contribution in [1.29, 1.82) is 0 Å². The van der Waals surface area contributed by atoms with Gasteiger partial charge in [0.2, 0.25) is 0 Å². The fourth-order valence-corrected chi connectivity index (χ4v) is 6.16. The Hall–Kier alpha value is -1.32. The SMILES string of the molecule is C=CC(=O)OC1CC2CC1C1C3CC(C(=O)O)C(C3)C21. The molecule has 4 rings (SSSR count). The largest absolute Gasteiger partial charge is 0.481 e. The number of hydrogen-bond donors (Lipinski definition) is 1. The third-order valence-electron chi connectivity index (χ3n) is 6.51. The molecule has 0 aromatic rings. The second kappa shape index (κ2) is 4.09. The smallest absolute Gasteiger partial charge is 0.330 e. The van der Waals surface area contributed by atoms with Crippen LogP contribution >= 0.6 is 0 Å². The predicted molar refractivity (Wildman–Crippen MR) is 70.6 cm³/mol. The predicted octanol–water partition coefficient (Wildman–Crippen LogP) is 2.10. The first-order valence-corrected chi connectivity index (χ1v) is 7.66. The molecule has 20 heavy (non-hydrogen) atoms. The highest BCUT2D eigenvalue weighted by molar-refractivity contribution is 5.81. The van der Waals surface area contributed by atoms with Gasteiger partial charge in [0.25, 0.3) is 0 Å². The van der Waals surface area contributed by atoms with Crippen LogP contribution in [-0.4, -0.2) is 23.1 Å². The number of ether oxygens (including phenoxy) is 1. The molecule has 4 heteroatoms. The van der Waals surface area contributed by atoms with Crippen molar-refractivity contribution in [3.8, 4) is 0 Å². The minimum atomic E-state index is -0.603. The van der Waals surface area contributed by atoms with Crippen molar-refractivity contribution in [2.75, 3.05) is 0 Å². The lowest BCUT2D eigenvalue weighted by atomic mass is 9.67. The quantitative estimate of drug-likeness (QED) is 0.487. The Morgan fingerprint density at radius 3 is 2.40 bits per heavy atom. The minimum Gasteiger partial charge on any atom is -0.481 e. The monoisotopic (exact) mass is 276 g/mol. The van der Waals surface area contributed by atoms with Gasteiger partial charge in [-0.3, -0.25) is 4.79 Å². The van der Waals surface area contributed by atoms with Crippen LogP contribution in [-0.2, 0) is 14.3 Å². The van der Waals surface area contributed by atoms with Crippen LogP contribution in [0.1, 0.15) is 25.7 Å². The summed E-state index contributed by atoms with van der Waals surface area (Å²) < 4.78 is 5.51. The van der Waals surface area contributed by atoms with E-state index in [1.807, 2.05) is 0 Å². The van der Waals surface area contributed by atoms with E-state index in [-0.39, 0.29) is 18.0 Å². The van der Waals surface area contributed by atoms with Crippen LogP contribution in [0.25, 0.3) is 0 Å². The summed E-state index contributed by atoms with van der Waals surface area (Å²) in [5.41, 5.74) is 0. The maximum Gasteiger partial charge on any atom is 0.330 e. The standard InChI is InChI=1S/C16H20O4/c1-2-13(17)20-12-6-8-5-11(12)15-7-3-9(14(8)15)10(4-7)16(18)19/h2,7-12,14-15H,1,3-6H2,(H,18,19). The number of carboxylic acid groups (broad SMARTS) is 1. The Morgan fingerprint density at radius 2 is 1.70 bits per heavy atom. The molecule has 0 aliphatic heterocycles. The lowest BCUT2D eigenvalue weighted by Gasteiger charge is -2.40. The van der Waals surface area contributed by atoms with Gasteiger partial charge in [-0.25, -0.2) is 4.79 Å². The van der Waals surface area contributed by atoms with Crippen LogP contribution in [0.3, 0.4) is 0 Å². The number of aliphatic carboxylic acids is 1. The molecule has 0 aromatic heterocycles. The Kier molecular flexibility index (Phi) is 2.54. The Balaban J connectivity index is 1.53. The van der Waals surface area contributed by atoms with E-state index in [0.29, 0.717) is 35.5 Å². The molecule has 0 saturated heterocycles. The van der Waals surface area contributed by atoms with Gasteiger partial charge in [0.05, 0.1) is 5.92 Å². The van der Waals surface area contributed by atoms with Gasteiger partial charge in [0.15, 0.2) is 0 Å². The van der Waals surface area contributed by atoms with Crippen molar-refractivity contribution < 1.29 is 19.4 Å². The molecule has 0 amide bonds. The number of rotatable bonds is 3. The number of hydrogen-bond acceptors (Lipinski definition) is 3. The number of carbonyl (C=O) groups is 2. The number of fused-ring (bicyclic) bond motifs is 9. The molecular formula is C16H20O4. The molecule has 8 atom stereocenters. The molecule has 4 aliphatic carbocycles. The van der Waals surface area contributed by atoms with Crippen molar-refractivity contribution >= 4 is 11.9 Å². The number of carboxylic acids is 1. The average molecular weight is 276 g/mol. The van der Waals surface area contributed by atoms with Crippen molar-refractivity contribution in [2.45, 2.75) is 31.8 Å². The second-order valence-corrected chi connectivity index (χ2v) is 7.07. The lowest BCUT2D eigenvalue weighted by molar-refractivity contribution is -0.149. The summed E-state index contributed by atoms with van der Waals surface area (Å²) in [7, 11) is 0. The Bertz CT molecular complexity index is 485. The van der Waals surface area contributed by atoms with Crippen molar-refractivity contribution in [3.05, 3.63) is 12.7 Å². The molecule has 1 N–H and O–H groups in total. The van der Waals surface area contributed by atoms with Crippen molar-refractivity contribution in [3.63, 3.8) is 0 Å². The summed E-state index contributed by atoms with van der Waals surface area (Å²) >= 11 is 0. The highest BCUT2D eigenvalue weighted by Crippen LogP contribution is 2.69. The van der Waals surface area contributed by atoms with Gasteiger partial charge < -0.3 is 9.84 Å². The molecule has 4 aliphatic rings. The summed E-state index contributed by atoms with van der Waals surface area (Å²) in [5, 5.41) is 9.35.